The number of pyridine rings is 1. The largest absolute Gasteiger partial charge is 0.298 e. The predicted octanol–water partition coefficient (Wildman–Crippen LogP) is 3.21. The molecule has 4 heteroatoms. The molecule has 1 aliphatic heterocycles. The molecule has 0 bridgehead atoms. The molecule has 2 aliphatic rings. The van der Waals surface area contributed by atoms with Crippen LogP contribution in [-0.4, -0.2) is 32.8 Å². The standard InChI is InChI=1S/C20H28N4/c1-15-6-7-19(21-9-15)8-17-4-3-5-18-13-24(14-20(17)18)12-16-10-22-23(2)11-16/h6-7,9-11,17-18,20H,3-5,8,12-14H2,1-2H3/t17-,18-,20-/m1/s1. The summed E-state index contributed by atoms with van der Waals surface area (Å²) >= 11 is 0. The summed E-state index contributed by atoms with van der Waals surface area (Å²) in [4.78, 5) is 7.30. The van der Waals surface area contributed by atoms with E-state index in [0.29, 0.717) is 0 Å². The van der Waals surface area contributed by atoms with E-state index in [0.717, 1.165) is 30.7 Å². The minimum absolute atomic E-state index is 0.804. The Morgan fingerprint density at radius 3 is 2.83 bits per heavy atom. The van der Waals surface area contributed by atoms with Crippen molar-refractivity contribution >= 4 is 0 Å². The van der Waals surface area contributed by atoms with E-state index in [1.807, 2.05) is 24.1 Å². The Morgan fingerprint density at radius 1 is 1.17 bits per heavy atom. The summed E-state index contributed by atoms with van der Waals surface area (Å²) in [5.74, 6) is 2.53. The van der Waals surface area contributed by atoms with Gasteiger partial charge in [-0.1, -0.05) is 12.5 Å². The van der Waals surface area contributed by atoms with Gasteiger partial charge in [0.2, 0.25) is 0 Å². The number of hydrogen-bond donors (Lipinski definition) is 0. The van der Waals surface area contributed by atoms with E-state index in [1.165, 1.54) is 49.2 Å². The van der Waals surface area contributed by atoms with Crippen molar-refractivity contribution in [1.29, 1.82) is 0 Å². The fourth-order valence-corrected chi connectivity index (χ4v) is 4.77. The summed E-state index contributed by atoms with van der Waals surface area (Å²) in [5.41, 5.74) is 3.87. The first kappa shape index (κ1) is 15.8. The van der Waals surface area contributed by atoms with Crippen LogP contribution >= 0.6 is 0 Å². The topological polar surface area (TPSA) is 34.0 Å². The smallest absolute Gasteiger partial charge is 0.0534 e. The molecule has 0 aromatic carbocycles. The van der Waals surface area contributed by atoms with Crippen LogP contribution in [0.25, 0.3) is 0 Å². The Bertz CT molecular complexity index is 675. The predicted molar refractivity (Wildman–Crippen MR) is 95.5 cm³/mol. The maximum absolute atomic E-state index is 4.65. The van der Waals surface area contributed by atoms with Crippen molar-refractivity contribution in [2.24, 2.45) is 24.8 Å². The van der Waals surface area contributed by atoms with Gasteiger partial charge >= 0.3 is 0 Å². The van der Waals surface area contributed by atoms with Crippen molar-refractivity contribution in [2.45, 2.75) is 39.2 Å². The Labute approximate surface area is 144 Å². The molecule has 128 valence electrons. The van der Waals surface area contributed by atoms with Gasteiger partial charge in [-0.15, -0.1) is 0 Å². The number of hydrogen-bond acceptors (Lipinski definition) is 3. The van der Waals surface area contributed by atoms with Crippen LogP contribution in [0.3, 0.4) is 0 Å². The zero-order chi connectivity index (χ0) is 16.5. The molecular weight excluding hydrogens is 296 g/mol. The van der Waals surface area contributed by atoms with Gasteiger partial charge in [-0.2, -0.15) is 5.10 Å². The molecule has 3 atom stereocenters. The number of likely N-dealkylation sites (tertiary alicyclic amines) is 1. The quantitative estimate of drug-likeness (QED) is 0.866. The van der Waals surface area contributed by atoms with E-state index in [-0.39, 0.29) is 0 Å². The summed E-state index contributed by atoms with van der Waals surface area (Å²) in [5, 5.41) is 4.31. The molecule has 0 N–H and O–H groups in total. The molecule has 0 unspecified atom stereocenters. The summed E-state index contributed by atoms with van der Waals surface area (Å²) in [6.07, 6.45) is 11.5. The van der Waals surface area contributed by atoms with Crippen molar-refractivity contribution < 1.29 is 0 Å². The fraction of sp³-hybridized carbons (Fsp3) is 0.600. The second kappa shape index (κ2) is 6.67. The maximum atomic E-state index is 4.65. The summed E-state index contributed by atoms with van der Waals surface area (Å²) in [6, 6.07) is 4.42. The van der Waals surface area contributed by atoms with Gasteiger partial charge < -0.3 is 0 Å². The molecule has 2 aromatic heterocycles. The first-order valence-corrected chi connectivity index (χ1v) is 9.29. The molecule has 1 saturated carbocycles. The number of aryl methyl sites for hydroxylation is 2. The lowest BCUT2D eigenvalue weighted by atomic mass is 9.72. The third kappa shape index (κ3) is 3.39. The molecule has 2 aromatic rings. The highest BCUT2D eigenvalue weighted by atomic mass is 15.2. The molecule has 4 rings (SSSR count). The molecular formula is C20H28N4. The normalized spacial score (nSPS) is 27.3. The third-order valence-corrected chi connectivity index (χ3v) is 5.93. The van der Waals surface area contributed by atoms with E-state index in [2.05, 4.69) is 40.2 Å². The van der Waals surface area contributed by atoms with Gasteiger partial charge in [-0.25, -0.2) is 0 Å². The lowest BCUT2D eigenvalue weighted by Gasteiger charge is -2.33. The van der Waals surface area contributed by atoms with E-state index in [9.17, 15) is 0 Å². The van der Waals surface area contributed by atoms with Crippen LogP contribution in [0, 0.1) is 24.7 Å². The highest BCUT2D eigenvalue weighted by Gasteiger charge is 2.40. The molecule has 24 heavy (non-hydrogen) atoms. The summed E-state index contributed by atoms with van der Waals surface area (Å²) in [7, 11) is 2.00. The molecule has 0 amide bonds. The second-order valence-corrected chi connectivity index (χ2v) is 7.86. The average molecular weight is 324 g/mol. The summed E-state index contributed by atoms with van der Waals surface area (Å²) in [6.45, 7) is 5.67. The van der Waals surface area contributed by atoms with Crippen molar-refractivity contribution in [3.05, 3.63) is 47.5 Å². The van der Waals surface area contributed by atoms with Crippen LogP contribution in [-0.2, 0) is 20.0 Å². The minimum atomic E-state index is 0.804. The minimum Gasteiger partial charge on any atom is -0.298 e. The van der Waals surface area contributed by atoms with Gasteiger partial charge in [0.1, 0.15) is 0 Å². The number of nitrogens with zero attached hydrogens (tertiary/aromatic N) is 4. The Morgan fingerprint density at radius 2 is 2.08 bits per heavy atom. The van der Waals surface area contributed by atoms with Gasteiger partial charge in [0, 0.05) is 50.3 Å². The Hall–Kier alpha value is -1.68. The molecule has 2 fully saturated rings. The van der Waals surface area contributed by atoms with Crippen LogP contribution in [0.2, 0.25) is 0 Å². The SMILES string of the molecule is Cc1ccc(C[C@H]2CCC[C@@H]3CN(Cc4cnn(C)c4)C[C@H]23)nc1. The monoisotopic (exact) mass is 324 g/mol. The summed E-state index contributed by atoms with van der Waals surface area (Å²) < 4.78 is 1.91. The van der Waals surface area contributed by atoms with Gasteiger partial charge in [0.15, 0.2) is 0 Å². The van der Waals surface area contributed by atoms with E-state index < -0.39 is 0 Å². The second-order valence-electron chi connectivity index (χ2n) is 7.86. The average Bonchev–Trinajstić information content (AvgIpc) is 3.16. The van der Waals surface area contributed by atoms with Crippen LogP contribution in [0.5, 0.6) is 0 Å². The molecule has 0 spiro atoms. The molecule has 0 radical (unpaired) electrons. The van der Waals surface area contributed by atoms with Crippen LogP contribution in [0.15, 0.2) is 30.7 Å². The highest BCUT2D eigenvalue weighted by molar-refractivity contribution is 5.13. The van der Waals surface area contributed by atoms with Crippen molar-refractivity contribution in [3.63, 3.8) is 0 Å². The van der Waals surface area contributed by atoms with E-state index in [1.54, 1.807) is 0 Å². The molecule has 4 nitrogen and oxygen atoms in total. The maximum Gasteiger partial charge on any atom is 0.0534 e. The van der Waals surface area contributed by atoms with Gasteiger partial charge in [-0.3, -0.25) is 14.6 Å². The Kier molecular flexibility index (Phi) is 4.40. The van der Waals surface area contributed by atoms with Gasteiger partial charge in [-0.05, 0) is 55.6 Å². The molecule has 1 aliphatic carbocycles. The first-order valence-electron chi connectivity index (χ1n) is 9.29. The molecule has 3 heterocycles. The van der Waals surface area contributed by atoms with Crippen LogP contribution in [0.4, 0.5) is 0 Å². The third-order valence-electron chi connectivity index (χ3n) is 5.93. The van der Waals surface area contributed by atoms with E-state index >= 15 is 0 Å². The number of aromatic nitrogens is 3. The lowest BCUT2D eigenvalue weighted by Crippen LogP contribution is -2.29. The van der Waals surface area contributed by atoms with Crippen LogP contribution < -0.4 is 0 Å². The molecule has 1 saturated heterocycles. The van der Waals surface area contributed by atoms with Crippen molar-refractivity contribution in [1.82, 2.24) is 19.7 Å². The Balaban J connectivity index is 1.41. The van der Waals surface area contributed by atoms with Crippen LogP contribution in [0.1, 0.15) is 36.1 Å². The fourth-order valence-electron chi connectivity index (χ4n) is 4.77. The van der Waals surface area contributed by atoms with Gasteiger partial charge in [0.05, 0.1) is 6.20 Å². The first-order chi connectivity index (χ1) is 11.7. The number of rotatable bonds is 4. The van der Waals surface area contributed by atoms with Crippen molar-refractivity contribution in [3.8, 4) is 0 Å². The zero-order valence-electron chi connectivity index (χ0n) is 14.9. The zero-order valence-corrected chi connectivity index (χ0v) is 14.9. The lowest BCUT2D eigenvalue weighted by molar-refractivity contribution is 0.195. The van der Waals surface area contributed by atoms with E-state index in [4.69, 9.17) is 0 Å². The highest BCUT2D eigenvalue weighted by Crippen LogP contribution is 2.41. The van der Waals surface area contributed by atoms with Crippen molar-refractivity contribution in [2.75, 3.05) is 13.1 Å². The number of fused-ring (bicyclic) bond motifs is 1. The van der Waals surface area contributed by atoms with Gasteiger partial charge in [0.25, 0.3) is 0 Å².